The first kappa shape index (κ1) is 26.4. The molecule has 10 heteroatoms. The largest absolute Gasteiger partial charge is 0.388 e. The van der Waals surface area contributed by atoms with E-state index in [4.69, 9.17) is 21.6 Å². The van der Waals surface area contributed by atoms with Crippen LogP contribution < -0.4 is 10.2 Å². The molecular weight excluding hydrogens is 508 g/mol. The lowest BCUT2D eigenvalue weighted by molar-refractivity contribution is 0.0533. The van der Waals surface area contributed by atoms with Gasteiger partial charge in [0.15, 0.2) is 5.01 Å². The minimum Gasteiger partial charge on any atom is -0.388 e. The standard InChI is InChI=1S/C27H37ClN6O2S/c1-16(2)11-24-32-19-14-29-23(33-10-6-9-21(33)27(3,4)36)13-20(19)34(24)18-8-5-7-17(12-18)31-25(35)26-30-15-22(28)37-26/h13-18,21,36H,5-12H2,1-4H3,(H,31,35)/t17-,18+,21-/m0/s1. The maximum atomic E-state index is 12.8. The van der Waals surface area contributed by atoms with E-state index in [0.29, 0.717) is 15.3 Å². The third-order valence-electron chi connectivity index (χ3n) is 7.61. The summed E-state index contributed by atoms with van der Waals surface area (Å²) >= 11 is 7.20. The molecule has 3 atom stereocenters. The topological polar surface area (TPSA) is 96.2 Å². The minimum atomic E-state index is -0.799. The maximum Gasteiger partial charge on any atom is 0.280 e. The molecule has 0 spiro atoms. The highest BCUT2D eigenvalue weighted by Gasteiger charge is 2.37. The van der Waals surface area contributed by atoms with E-state index in [9.17, 15) is 9.90 Å². The van der Waals surface area contributed by atoms with Gasteiger partial charge in [0.2, 0.25) is 0 Å². The number of hydrogen-bond donors (Lipinski definition) is 2. The molecule has 1 aliphatic heterocycles. The Morgan fingerprint density at radius 3 is 2.76 bits per heavy atom. The molecule has 37 heavy (non-hydrogen) atoms. The Kier molecular flexibility index (Phi) is 7.49. The molecule has 1 saturated carbocycles. The van der Waals surface area contributed by atoms with Crippen molar-refractivity contribution in [3.8, 4) is 0 Å². The number of halogens is 1. The molecule has 0 unspecified atom stereocenters. The van der Waals surface area contributed by atoms with Crippen LogP contribution in [0, 0.1) is 5.92 Å². The van der Waals surface area contributed by atoms with Crippen molar-refractivity contribution in [1.82, 2.24) is 24.8 Å². The van der Waals surface area contributed by atoms with Crippen LogP contribution in [0.5, 0.6) is 0 Å². The van der Waals surface area contributed by atoms with Crippen molar-refractivity contribution >= 4 is 45.7 Å². The zero-order valence-corrected chi connectivity index (χ0v) is 23.6. The molecule has 2 aliphatic rings. The van der Waals surface area contributed by atoms with Crippen molar-refractivity contribution in [1.29, 1.82) is 0 Å². The zero-order valence-electron chi connectivity index (χ0n) is 22.1. The number of pyridine rings is 1. The lowest BCUT2D eigenvalue weighted by Gasteiger charge is -2.35. The predicted octanol–water partition coefficient (Wildman–Crippen LogP) is 5.39. The Labute approximate surface area is 227 Å². The number of aliphatic hydroxyl groups is 1. The van der Waals surface area contributed by atoms with E-state index >= 15 is 0 Å². The van der Waals surface area contributed by atoms with Gasteiger partial charge in [0.05, 0.1) is 29.6 Å². The second-order valence-corrected chi connectivity index (χ2v) is 13.2. The second-order valence-electron chi connectivity index (χ2n) is 11.5. The first-order chi connectivity index (χ1) is 17.6. The number of rotatable bonds is 7. The summed E-state index contributed by atoms with van der Waals surface area (Å²) in [5.74, 6) is 2.29. The Balaban J connectivity index is 1.46. The first-order valence-electron chi connectivity index (χ1n) is 13.4. The number of amides is 1. The number of fused-ring (bicyclic) bond motifs is 1. The van der Waals surface area contributed by atoms with Crippen molar-refractivity contribution in [3.05, 3.63) is 33.6 Å². The van der Waals surface area contributed by atoms with E-state index in [0.717, 1.165) is 74.2 Å². The van der Waals surface area contributed by atoms with Gasteiger partial charge in [-0.2, -0.15) is 0 Å². The number of nitrogens with one attached hydrogen (secondary N) is 1. The van der Waals surface area contributed by atoms with Crippen LogP contribution in [-0.4, -0.2) is 54.8 Å². The summed E-state index contributed by atoms with van der Waals surface area (Å²) in [6.07, 6.45) is 10.1. The van der Waals surface area contributed by atoms with Crippen molar-refractivity contribution in [2.45, 2.75) is 96.4 Å². The fourth-order valence-corrected chi connectivity index (χ4v) is 6.84. The molecule has 200 valence electrons. The van der Waals surface area contributed by atoms with Gasteiger partial charge in [-0.05, 0) is 58.3 Å². The van der Waals surface area contributed by atoms with Crippen LogP contribution in [-0.2, 0) is 6.42 Å². The number of hydrogen-bond acceptors (Lipinski definition) is 7. The van der Waals surface area contributed by atoms with Crippen LogP contribution >= 0.6 is 22.9 Å². The Morgan fingerprint density at radius 1 is 1.24 bits per heavy atom. The van der Waals surface area contributed by atoms with E-state index in [1.807, 2.05) is 20.0 Å². The molecule has 0 bridgehead atoms. The summed E-state index contributed by atoms with van der Waals surface area (Å²) in [5.41, 5.74) is 1.19. The lowest BCUT2D eigenvalue weighted by atomic mass is 9.90. The van der Waals surface area contributed by atoms with Crippen molar-refractivity contribution in [2.75, 3.05) is 11.4 Å². The quantitative estimate of drug-likeness (QED) is 0.414. The normalized spacial score (nSPS) is 22.8. The summed E-state index contributed by atoms with van der Waals surface area (Å²) in [6.45, 7) is 9.09. The smallest absolute Gasteiger partial charge is 0.280 e. The van der Waals surface area contributed by atoms with Gasteiger partial charge in [-0.1, -0.05) is 36.8 Å². The van der Waals surface area contributed by atoms with Crippen molar-refractivity contribution in [2.24, 2.45) is 5.92 Å². The Morgan fingerprint density at radius 2 is 2.05 bits per heavy atom. The molecule has 1 saturated heterocycles. The van der Waals surface area contributed by atoms with Crippen LogP contribution in [0.3, 0.4) is 0 Å². The summed E-state index contributed by atoms with van der Waals surface area (Å²) < 4.78 is 2.93. The predicted molar refractivity (Wildman–Crippen MR) is 149 cm³/mol. The first-order valence-corrected chi connectivity index (χ1v) is 14.6. The Hall–Kier alpha value is -2.23. The lowest BCUT2D eigenvalue weighted by Crippen LogP contribution is -2.46. The monoisotopic (exact) mass is 544 g/mol. The third kappa shape index (κ3) is 5.64. The van der Waals surface area contributed by atoms with Crippen LogP contribution in [0.2, 0.25) is 4.34 Å². The van der Waals surface area contributed by atoms with Gasteiger partial charge in [0.25, 0.3) is 5.91 Å². The van der Waals surface area contributed by atoms with E-state index < -0.39 is 5.60 Å². The van der Waals surface area contributed by atoms with Gasteiger partial charge in [0, 0.05) is 31.1 Å². The summed E-state index contributed by atoms with van der Waals surface area (Å²) in [4.78, 5) is 29.0. The van der Waals surface area contributed by atoms with Crippen molar-refractivity contribution < 1.29 is 9.90 Å². The molecule has 0 aromatic carbocycles. The average Bonchev–Trinajstić information content (AvgIpc) is 3.56. The molecule has 3 aromatic rings. The highest BCUT2D eigenvalue weighted by Crippen LogP contribution is 2.36. The van der Waals surface area contributed by atoms with Gasteiger partial charge >= 0.3 is 0 Å². The van der Waals surface area contributed by atoms with Crippen LogP contribution in [0.15, 0.2) is 18.5 Å². The number of carbonyl (C=O) groups is 1. The second kappa shape index (κ2) is 10.5. The molecule has 1 amide bonds. The van der Waals surface area contributed by atoms with Crippen molar-refractivity contribution in [3.63, 3.8) is 0 Å². The number of imidazole rings is 1. The highest BCUT2D eigenvalue weighted by atomic mass is 35.5. The van der Waals surface area contributed by atoms with Crippen LogP contribution in [0.4, 0.5) is 5.82 Å². The van der Waals surface area contributed by atoms with Gasteiger partial charge in [0.1, 0.15) is 21.5 Å². The molecule has 1 aliphatic carbocycles. The maximum absolute atomic E-state index is 12.8. The van der Waals surface area contributed by atoms with Gasteiger partial charge in [-0.3, -0.25) is 4.79 Å². The van der Waals surface area contributed by atoms with Gasteiger partial charge < -0.3 is 19.9 Å². The van der Waals surface area contributed by atoms with Crippen LogP contribution in [0.25, 0.3) is 11.0 Å². The van der Waals surface area contributed by atoms with E-state index in [2.05, 4.69) is 39.7 Å². The van der Waals surface area contributed by atoms with Gasteiger partial charge in [-0.25, -0.2) is 15.0 Å². The summed E-state index contributed by atoms with van der Waals surface area (Å²) in [7, 11) is 0. The summed E-state index contributed by atoms with van der Waals surface area (Å²) in [5, 5.41) is 14.4. The molecule has 3 aromatic heterocycles. The Bertz CT molecular complexity index is 1270. The molecule has 4 heterocycles. The minimum absolute atomic E-state index is 0.0394. The molecular formula is C27H37ClN6O2S. The number of aromatic nitrogens is 4. The van der Waals surface area contributed by atoms with E-state index in [-0.39, 0.29) is 24.0 Å². The number of anilines is 1. The molecule has 5 rings (SSSR count). The molecule has 2 N–H and O–H groups in total. The molecule has 8 nitrogen and oxygen atoms in total. The fraction of sp³-hybridized carbons (Fsp3) is 0.630. The van der Waals surface area contributed by atoms with Crippen LogP contribution in [0.1, 0.15) is 87.9 Å². The van der Waals surface area contributed by atoms with Gasteiger partial charge in [-0.15, -0.1) is 0 Å². The summed E-state index contributed by atoms with van der Waals surface area (Å²) in [6, 6.07) is 2.50. The fourth-order valence-electron chi connectivity index (χ4n) is 6.02. The average molecular weight is 545 g/mol. The number of thiazole rings is 1. The number of nitrogens with zero attached hydrogens (tertiary/aromatic N) is 5. The van der Waals surface area contributed by atoms with E-state index in [1.54, 1.807) is 0 Å². The number of carbonyl (C=O) groups excluding carboxylic acids is 1. The zero-order chi connectivity index (χ0) is 26.3. The molecule has 2 fully saturated rings. The molecule has 0 radical (unpaired) electrons. The van der Waals surface area contributed by atoms with E-state index in [1.165, 1.54) is 17.5 Å². The highest BCUT2D eigenvalue weighted by molar-refractivity contribution is 7.17. The SMILES string of the molecule is CC(C)Cc1nc2cnc(N3CCC[C@H]3C(C)(C)O)cc2n1[C@@H]1CCC[C@H](NC(=O)c2ncc(Cl)s2)C1. The third-order valence-corrected chi connectivity index (χ3v) is 8.72.